The molecular formula is C11H22O3Si. The highest BCUT2D eigenvalue weighted by molar-refractivity contribution is 6.58. The van der Waals surface area contributed by atoms with E-state index in [1.807, 2.05) is 0 Å². The van der Waals surface area contributed by atoms with Gasteiger partial charge < -0.3 is 9.47 Å². The highest BCUT2D eigenvalue weighted by atomic mass is 28.3. The summed E-state index contributed by atoms with van der Waals surface area (Å²) in [5, 5.41) is 0. The Labute approximate surface area is 94.1 Å². The van der Waals surface area contributed by atoms with Crippen molar-refractivity contribution in [1.82, 2.24) is 0 Å². The molecule has 1 atom stereocenters. The number of hydrogen-bond acceptors (Lipinski definition) is 3. The molecule has 0 N–H and O–H groups in total. The van der Waals surface area contributed by atoms with Crippen LogP contribution in [0.3, 0.4) is 0 Å². The molecule has 0 fully saturated rings. The summed E-state index contributed by atoms with van der Waals surface area (Å²) in [5.41, 5.74) is 0. The van der Waals surface area contributed by atoms with Gasteiger partial charge in [-0.15, -0.1) is 0 Å². The molecule has 1 unspecified atom stereocenters. The van der Waals surface area contributed by atoms with Gasteiger partial charge in [-0.1, -0.05) is 32.0 Å². The Bertz CT molecular complexity index is 177. The predicted molar refractivity (Wildman–Crippen MR) is 64.7 cm³/mol. The zero-order chi connectivity index (χ0) is 11.5. The Morgan fingerprint density at radius 3 is 2.73 bits per heavy atom. The SMILES string of the molecule is C=CC(=O)OCCC[SiH](CCC)COC. The summed E-state index contributed by atoms with van der Waals surface area (Å²) < 4.78 is 10.1. The van der Waals surface area contributed by atoms with E-state index in [9.17, 15) is 4.79 Å². The predicted octanol–water partition coefficient (Wildman–Crippen LogP) is 1.93. The van der Waals surface area contributed by atoms with Crippen LogP contribution in [0.15, 0.2) is 12.7 Å². The van der Waals surface area contributed by atoms with E-state index in [0.717, 1.165) is 12.7 Å². The first kappa shape index (κ1) is 14.4. The summed E-state index contributed by atoms with van der Waals surface area (Å²) in [4.78, 5) is 10.8. The first-order valence-corrected chi connectivity index (χ1v) is 7.97. The first-order chi connectivity index (χ1) is 7.24. The van der Waals surface area contributed by atoms with Crippen LogP contribution in [0.25, 0.3) is 0 Å². The molecule has 0 aliphatic heterocycles. The molecule has 88 valence electrons. The first-order valence-electron chi connectivity index (χ1n) is 5.52. The fraction of sp³-hybridized carbons (Fsp3) is 0.727. The zero-order valence-electron chi connectivity index (χ0n) is 9.83. The summed E-state index contributed by atoms with van der Waals surface area (Å²) in [6, 6.07) is 2.50. The third-order valence-corrected chi connectivity index (χ3v) is 5.69. The van der Waals surface area contributed by atoms with E-state index in [0.29, 0.717) is 6.61 Å². The highest BCUT2D eigenvalue weighted by Crippen LogP contribution is 2.06. The van der Waals surface area contributed by atoms with Gasteiger partial charge in [-0.05, 0) is 6.42 Å². The molecule has 0 rings (SSSR count). The second-order valence-electron chi connectivity index (χ2n) is 3.62. The van der Waals surface area contributed by atoms with Crippen molar-refractivity contribution in [3.8, 4) is 0 Å². The summed E-state index contributed by atoms with van der Waals surface area (Å²) >= 11 is 0. The Balaban J connectivity index is 3.52. The minimum atomic E-state index is -0.745. The van der Waals surface area contributed by atoms with E-state index < -0.39 is 8.80 Å². The van der Waals surface area contributed by atoms with Crippen molar-refractivity contribution >= 4 is 14.8 Å². The van der Waals surface area contributed by atoms with Crippen LogP contribution in [-0.2, 0) is 14.3 Å². The normalized spacial score (nSPS) is 12.1. The van der Waals surface area contributed by atoms with E-state index >= 15 is 0 Å². The maximum Gasteiger partial charge on any atom is 0.330 e. The lowest BCUT2D eigenvalue weighted by Crippen LogP contribution is -2.20. The molecule has 0 aromatic rings. The summed E-state index contributed by atoms with van der Waals surface area (Å²) in [7, 11) is 1.01. The van der Waals surface area contributed by atoms with Gasteiger partial charge in [0.05, 0.1) is 15.4 Å². The molecule has 0 aliphatic carbocycles. The standard InChI is InChI=1S/C11H22O3Si/c1-4-8-15(10-13-3)9-6-7-14-11(12)5-2/h5,15H,2,4,6-10H2,1,3H3. The zero-order valence-corrected chi connectivity index (χ0v) is 11.0. The lowest BCUT2D eigenvalue weighted by Gasteiger charge is -2.12. The molecule has 0 saturated carbocycles. The number of carbonyl (C=O) groups is 1. The van der Waals surface area contributed by atoms with Gasteiger partial charge in [-0.2, -0.15) is 0 Å². The van der Waals surface area contributed by atoms with Gasteiger partial charge >= 0.3 is 5.97 Å². The van der Waals surface area contributed by atoms with E-state index in [-0.39, 0.29) is 5.97 Å². The number of rotatable bonds is 9. The van der Waals surface area contributed by atoms with Crippen LogP contribution in [0, 0.1) is 0 Å². The van der Waals surface area contributed by atoms with Crippen molar-refractivity contribution in [3.63, 3.8) is 0 Å². The molecule has 0 bridgehead atoms. The van der Waals surface area contributed by atoms with E-state index in [2.05, 4.69) is 13.5 Å². The number of carbonyl (C=O) groups excluding carboxylic acids is 1. The maximum atomic E-state index is 10.8. The summed E-state index contributed by atoms with van der Waals surface area (Å²) in [6.45, 7) is 6.06. The third-order valence-electron chi connectivity index (χ3n) is 2.27. The van der Waals surface area contributed by atoms with Crippen LogP contribution in [0.4, 0.5) is 0 Å². The molecule has 15 heavy (non-hydrogen) atoms. The Hall–Kier alpha value is -0.613. The Morgan fingerprint density at radius 2 is 2.20 bits per heavy atom. The van der Waals surface area contributed by atoms with Gasteiger partial charge in [0.25, 0.3) is 0 Å². The average Bonchev–Trinajstić information content (AvgIpc) is 2.24. The molecule has 0 radical (unpaired) electrons. The van der Waals surface area contributed by atoms with Crippen molar-refractivity contribution < 1.29 is 14.3 Å². The average molecular weight is 230 g/mol. The molecule has 0 aliphatic rings. The number of esters is 1. The van der Waals surface area contributed by atoms with Crippen LogP contribution in [0.2, 0.25) is 12.1 Å². The molecule has 0 aromatic heterocycles. The molecule has 4 heteroatoms. The molecular weight excluding hydrogens is 208 g/mol. The van der Waals surface area contributed by atoms with Crippen LogP contribution < -0.4 is 0 Å². The van der Waals surface area contributed by atoms with E-state index in [4.69, 9.17) is 9.47 Å². The topological polar surface area (TPSA) is 35.5 Å². The minimum Gasteiger partial charge on any atom is -0.463 e. The van der Waals surface area contributed by atoms with Gasteiger partial charge in [0.1, 0.15) is 0 Å². The molecule has 3 nitrogen and oxygen atoms in total. The molecule has 0 amide bonds. The lowest BCUT2D eigenvalue weighted by atomic mass is 10.5. The van der Waals surface area contributed by atoms with Crippen LogP contribution in [-0.4, -0.2) is 34.7 Å². The molecule has 0 saturated heterocycles. The van der Waals surface area contributed by atoms with Gasteiger partial charge in [0.15, 0.2) is 0 Å². The van der Waals surface area contributed by atoms with Gasteiger partial charge in [-0.25, -0.2) is 4.79 Å². The minimum absolute atomic E-state index is 0.324. The molecule has 0 heterocycles. The summed E-state index contributed by atoms with van der Waals surface area (Å²) in [5.74, 6) is -0.324. The van der Waals surface area contributed by atoms with Gasteiger partial charge in [0, 0.05) is 19.4 Å². The fourth-order valence-electron chi connectivity index (χ4n) is 1.56. The van der Waals surface area contributed by atoms with Crippen molar-refractivity contribution in [2.45, 2.75) is 31.9 Å². The van der Waals surface area contributed by atoms with Crippen molar-refractivity contribution in [1.29, 1.82) is 0 Å². The van der Waals surface area contributed by atoms with Crippen LogP contribution in [0.1, 0.15) is 19.8 Å². The third kappa shape index (κ3) is 8.39. The Morgan fingerprint density at radius 1 is 1.47 bits per heavy atom. The smallest absolute Gasteiger partial charge is 0.330 e. The van der Waals surface area contributed by atoms with Crippen molar-refractivity contribution in [3.05, 3.63) is 12.7 Å². The Kier molecular flexibility index (Phi) is 9.52. The molecule has 0 aromatic carbocycles. The highest BCUT2D eigenvalue weighted by Gasteiger charge is 2.09. The number of methoxy groups -OCH3 is 1. The van der Waals surface area contributed by atoms with Crippen molar-refractivity contribution in [2.24, 2.45) is 0 Å². The monoisotopic (exact) mass is 230 g/mol. The molecule has 0 spiro atoms. The van der Waals surface area contributed by atoms with E-state index in [1.54, 1.807) is 7.11 Å². The second kappa shape index (κ2) is 9.92. The van der Waals surface area contributed by atoms with Crippen LogP contribution >= 0.6 is 0 Å². The second-order valence-corrected chi connectivity index (χ2v) is 6.84. The quantitative estimate of drug-likeness (QED) is 0.263. The lowest BCUT2D eigenvalue weighted by molar-refractivity contribution is -0.137. The number of ether oxygens (including phenoxy) is 2. The fourth-order valence-corrected chi connectivity index (χ4v) is 4.21. The van der Waals surface area contributed by atoms with Crippen LogP contribution in [0.5, 0.6) is 0 Å². The van der Waals surface area contributed by atoms with E-state index in [1.165, 1.54) is 24.6 Å². The number of hydrogen-bond donors (Lipinski definition) is 0. The largest absolute Gasteiger partial charge is 0.463 e. The summed E-state index contributed by atoms with van der Waals surface area (Å²) in [6.07, 6.45) is 4.33. The van der Waals surface area contributed by atoms with Gasteiger partial charge in [0.2, 0.25) is 0 Å². The van der Waals surface area contributed by atoms with Gasteiger partial charge in [-0.3, -0.25) is 0 Å². The maximum absolute atomic E-state index is 10.8. The van der Waals surface area contributed by atoms with Crippen molar-refractivity contribution in [2.75, 3.05) is 19.9 Å².